The summed E-state index contributed by atoms with van der Waals surface area (Å²) in [6.45, 7) is 0.318. The summed E-state index contributed by atoms with van der Waals surface area (Å²) < 4.78 is 18.7. The Kier molecular flexibility index (Phi) is 4.44. The standard InChI is InChI=1S/C15H12ClFN2O/c1-20-13-5-3-11(15(17)7-13)9-19-12-4-2-10(8-18)14(16)6-12/h2-7,19H,9H2,1H3. The third kappa shape index (κ3) is 3.19. The zero-order valence-electron chi connectivity index (χ0n) is 10.8. The lowest BCUT2D eigenvalue weighted by molar-refractivity contribution is 0.411. The normalized spacial score (nSPS) is 9.90. The highest BCUT2D eigenvalue weighted by Gasteiger charge is 2.05. The number of halogens is 2. The summed E-state index contributed by atoms with van der Waals surface area (Å²) in [5.74, 6) is 0.143. The predicted molar refractivity (Wildman–Crippen MR) is 76.4 cm³/mol. The molecule has 0 unspecified atom stereocenters. The van der Waals surface area contributed by atoms with Gasteiger partial charge in [0.15, 0.2) is 0 Å². The van der Waals surface area contributed by atoms with Crippen molar-refractivity contribution in [2.45, 2.75) is 6.54 Å². The number of nitrogens with one attached hydrogen (secondary N) is 1. The van der Waals surface area contributed by atoms with E-state index in [1.54, 1.807) is 30.3 Å². The fourth-order valence-electron chi connectivity index (χ4n) is 1.71. The van der Waals surface area contributed by atoms with Crippen molar-refractivity contribution >= 4 is 17.3 Å². The van der Waals surface area contributed by atoms with Gasteiger partial charge in [-0.1, -0.05) is 17.7 Å². The first-order valence-corrected chi connectivity index (χ1v) is 6.28. The van der Waals surface area contributed by atoms with E-state index in [-0.39, 0.29) is 5.82 Å². The highest BCUT2D eigenvalue weighted by Crippen LogP contribution is 2.22. The molecule has 102 valence electrons. The molecule has 0 atom stereocenters. The van der Waals surface area contributed by atoms with Gasteiger partial charge >= 0.3 is 0 Å². The van der Waals surface area contributed by atoms with Crippen molar-refractivity contribution < 1.29 is 9.13 Å². The molecule has 0 amide bonds. The minimum absolute atomic E-state index is 0.318. The first-order valence-electron chi connectivity index (χ1n) is 5.90. The van der Waals surface area contributed by atoms with Gasteiger partial charge in [-0.25, -0.2) is 4.39 Å². The Balaban J connectivity index is 2.09. The van der Waals surface area contributed by atoms with Gasteiger partial charge in [-0.3, -0.25) is 0 Å². The number of rotatable bonds is 4. The maximum atomic E-state index is 13.7. The molecule has 0 saturated carbocycles. The molecule has 20 heavy (non-hydrogen) atoms. The van der Waals surface area contributed by atoms with Gasteiger partial charge in [-0.2, -0.15) is 5.26 Å². The summed E-state index contributed by atoms with van der Waals surface area (Å²) in [6, 6.07) is 11.7. The Morgan fingerprint density at radius 1 is 1.30 bits per heavy atom. The number of hydrogen-bond donors (Lipinski definition) is 1. The smallest absolute Gasteiger partial charge is 0.131 e. The number of benzene rings is 2. The van der Waals surface area contributed by atoms with Gasteiger partial charge in [0.25, 0.3) is 0 Å². The Morgan fingerprint density at radius 3 is 2.70 bits per heavy atom. The summed E-state index contributed by atoms with van der Waals surface area (Å²) in [4.78, 5) is 0. The van der Waals surface area contributed by atoms with Crippen LogP contribution in [0.3, 0.4) is 0 Å². The van der Waals surface area contributed by atoms with E-state index in [2.05, 4.69) is 5.32 Å². The van der Waals surface area contributed by atoms with E-state index in [4.69, 9.17) is 21.6 Å². The molecular weight excluding hydrogens is 279 g/mol. The van der Waals surface area contributed by atoms with Crippen molar-refractivity contribution in [2.24, 2.45) is 0 Å². The lowest BCUT2D eigenvalue weighted by Gasteiger charge is -2.09. The van der Waals surface area contributed by atoms with E-state index in [1.165, 1.54) is 13.2 Å². The average Bonchev–Trinajstić information content (AvgIpc) is 2.46. The molecule has 0 spiro atoms. The number of hydrogen-bond acceptors (Lipinski definition) is 3. The summed E-state index contributed by atoms with van der Waals surface area (Å²) in [6.07, 6.45) is 0. The second-order valence-electron chi connectivity index (χ2n) is 4.12. The van der Waals surface area contributed by atoms with Crippen molar-refractivity contribution in [2.75, 3.05) is 12.4 Å². The molecule has 5 heteroatoms. The second kappa shape index (κ2) is 6.27. The second-order valence-corrected chi connectivity index (χ2v) is 4.52. The highest BCUT2D eigenvalue weighted by molar-refractivity contribution is 6.32. The number of anilines is 1. The van der Waals surface area contributed by atoms with Crippen molar-refractivity contribution in [3.05, 3.63) is 58.4 Å². The van der Waals surface area contributed by atoms with Crippen molar-refractivity contribution in [3.8, 4) is 11.8 Å². The number of nitrogens with zero attached hydrogens (tertiary/aromatic N) is 1. The van der Waals surface area contributed by atoms with Gasteiger partial charge < -0.3 is 10.1 Å². The van der Waals surface area contributed by atoms with Gasteiger partial charge in [0.05, 0.1) is 17.7 Å². The van der Waals surface area contributed by atoms with Crippen LogP contribution in [0, 0.1) is 17.1 Å². The quantitative estimate of drug-likeness (QED) is 0.926. The molecule has 0 aliphatic carbocycles. The van der Waals surface area contributed by atoms with Crippen molar-refractivity contribution in [1.29, 1.82) is 5.26 Å². The van der Waals surface area contributed by atoms with Crippen LogP contribution in [0.4, 0.5) is 10.1 Å². The molecule has 2 aromatic rings. The molecule has 3 nitrogen and oxygen atoms in total. The first kappa shape index (κ1) is 14.2. The lowest BCUT2D eigenvalue weighted by atomic mass is 10.2. The van der Waals surface area contributed by atoms with Crippen LogP contribution in [0.5, 0.6) is 5.75 Å². The molecule has 0 bridgehead atoms. The molecule has 0 radical (unpaired) electrons. The van der Waals surface area contributed by atoms with Gasteiger partial charge in [-0.15, -0.1) is 0 Å². The number of nitriles is 1. The molecule has 0 aliphatic heterocycles. The summed E-state index contributed by atoms with van der Waals surface area (Å²) in [5, 5.41) is 12.2. The Bertz CT molecular complexity index is 667. The molecule has 2 rings (SSSR count). The van der Waals surface area contributed by atoms with Crippen LogP contribution >= 0.6 is 11.6 Å². The van der Waals surface area contributed by atoms with Crippen LogP contribution in [-0.2, 0) is 6.54 Å². The number of methoxy groups -OCH3 is 1. The molecule has 0 aliphatic rings. The van der Waals surface area contributed by atoms with Gasteiger partial charge in [0.2, 0.25) is 0 Å². The van der Waals surface area contributed by atoms with E-state index in [0.29, 0.717) is 28.4 Å². The van der Waals surface area contributed by atoms with E-state index in [0.717, 1.165) is 5.69 Å². The van der Waals surface area contributed by atoms with Crippen molar-refractivity contribution in [1.82, 2.24) is 0 Å². The van der Waals surface area contributed by atoms with Gasteiger partial charge in [-0.05, 0) is 24.3 Å². The van der Waals surface area contributed by atoms with Crippen LogP contribution < -0.4 is 10.1 Å². The average molecular weight is 291 g/mol. The van der Waals surface area contributed by atoms with Crippen LogP contribution in [0.1, 0.15) is 11.1 Å². The topological polar surface area (TPSA) is 45.0 Å². The monoisotopic (exact) mass is 290 g/mol. The Morgan fingerprint density at radius 2 is 2.10 bits per heavy atom. The van der Waals surface area contributed by atoms with Gasteiger partial charge in [0, 0.05) is 23.9 Å². The maximum Gasteiger partial charge on any atom is 0.131 e. The fourth-order valence-corrected chi connectivity index (χ4v) is 1.93. The molecule has 0 aromatic heterocycles. The van der Waals surface area contributed by atoms with Gasteiger partial charge in [0.1, 0.15) is 17.6 Å². The van der Waals surface area contributed by atoms with Crippen LogP contribution in [0.2, 0.25) is 5.02 Å². The Hall–Kier alpha value is -2.25. The molecule has 2 aromatic carbocycles. The lowest BCUT2D eigenvalue weighted by Crippen LogP contribution is -2.02. The van der Waals surface area contributed by atoms with E-state index in [9.17, 15) is 4.39 Å². The zero-order chi connectivity index (χ0) is 14.5. The molecule has 0 saturated heterocycles. The zero-order valence-corrected chi connectivity index (χ0v) is 11.5. The Labute approximate surface area is 121 Å². The third-order valence-corrected chi connectivity index (χ3v) is 3.15. The fraction of sp³-hybridized carbons (Fsp3) is 0.133. The van der Waals surface area contributed by atoms with Crippen LogP contribution in [0.25, 0.3) is 0 Å². The SMILES string of the molecule is COc1ccc(CNc2ccc(C#N)c(Cl)c2)c(F)c1. The third-order valence-electron chi connectivity index (χ3n) is 2.83. The highest BCUT2D eigenvalue weighted by atomic mass is 35.5. The summed E-state index contributed by atoms with van der Waals surface area (Å²) >= 11 is 5.93. The number of ether oxygens (including phenoxy) is 1. The predicted octanol–water partition coefficient (Wildman–Crippen LogP) is 3.97. The van der Waals surface area contributed by atoms with E-state index in [1.807, 2.05) is 6.07 Å². The summed E-state index contributed by atoms with van der Waals surface area (Å²) in [7, 11) is 1.49. The molecular formula is C15H12ClFN2O. The van der Waals surface area contributed by atoms with Crippen LogP contribution in [-0.4, -0.2) is 7.11 Å². The van der Waals surface area contributed by atoms with E-state index < -0.39 is 0 Å². The van der Waals surface area contributed by atoms with Crippen molar-refractivity contribution in [3.63, 3.8) is 0 Å². The molecule has 0 heterocycles. The molecule has 1 N–H and O–H groups in total. The first-order chi connectivity index (χ1) is 9.63. The minimum atomic E-state index is -0.336. The minimum Gasteiger partial charge on any atom is -0.497 e. The molecule has 0 fully saturated rings. The largest absolute Gasteiger partial charge is 0.497 e. The summed E-state index contributed by atoms with van der Waals surface area (Å²) in [5.41, 5.74) is 1.66. The van der Waals surface area contributed by atoms with E-state index >= 15 is 0 Å². The van der Waals surface area contributed by atoms with Crippen LogP contribution in [0.15, 0.2) is 36.4 Å². The maximum absolute atomic E-state index is 13.7.